The largest absolute Gasteiger partial charge is 0.438 e. The van der Waals surface area contributed by atoms with Crippen LogP contribution in [-0.4, -0.2) is 17.0 Å². The van der Waals surface area contributed by atoms with Crippen molar-refractivity contribution in [3.05, 3.63) is 47.4 Å². The lowest BCUT2D eigenvalue weighted by Gasteiger charge is -2.11. The van der Waals surface area contributed by atoms with Crippen LogP contribution in [0.2, 0.25) is 0 Å². The van der Waals surface area contributed by atoms with Crippen molar-refractivity contribution in [2.75, 3.05) is 6.26 Å². The molecule has 2 aromatic rings. The molecule has 5 heteroatoms. The molecule has 1 aromatic carbocycles. The fourth-order valence-electron chi connectivity index (χ4n) is 1.68. The van der Waals surface area contributed by atoms with Gasteiger partial charge in [0, 0.05) is 4.90 Å². The number of pyridine rings is 1. The lowest BCUT2D eigenvalue weighted by molar-refractivity contribution is 0.101. The summed E-state index contributed by atoms with van der Waals surface area (Å²) in [4.78, 5) is 16.4. The minimum absolute atomic E-state index is 0.125. The molecule has 0 aliphatic carbocycles. The molecule has 1 heterocycles. The Kier molecular flexibility index (Phi) is 4.39. The molecule has 0 amide bonds. The molecule has 0 unspecified atom stereocenters. The van der Waals surface area contributed by atoms with Gasteiger partial charge in [-0.05, 0) is 43.9 Å². The number of benzene rings is 1. The quantitative estimate of drug-likeness (QED) is 0.623. The summed E-state index contributed by atoms with van der Waals surface area (Å²) >= 11 is 1.59. The van der Waals surface area contributed by atoms with Crippen molar-refractivity contribution in [3.8, 4) is 11.6 Å². The Hall–Kier alpha value is -1.88. The van der Waals surface area contributed by atoms with Gasteiger partial charge in [-0.15, -0.1) is 11.8 Å². The van der Waals surface area contributed by atoms with Crippen LogP contribution in [0.25, 0.3) is 0 Å². The number of nitrogens with zero attached hydrogens (tertiary/aromatic N) is 1. The van der Waals surface area contributed by atoms with E-state index in [2.05, 4.69) is 4.98 Å². The topological polar surface area (TPSA) is 39.2 Å². The van der Waals surface area contributed by atoms with Gasteiger partial charge in [0.15, 0.2) is 5.78 Å². The molecule has 20 heavy (non-hydrogen) atoms. The molecule has 3 nitrogen and oxygen atoms in total. The summed E-state index contributed by atoms with van der Waals surface area (Å²) in [5.74, 6) is -0.110. The molecule has 0 N–H and O–H groups in total. The SMILES string of the molecule is CSc1ccc(C)c(Oc2ncc(F)cc2C(C)=O)c1. The number of ether oxygens (including phenoxy) is 1. The van der Waals surface area contributed by atoms with Crippen LogP contribution in [0, 0.1) is 12.7 Å². The predicted octanol–water partition coefficient (Wildman–Crippen LogP) is 4.25. The molecule has 0 aliphatic rings. The highest BCUT2D eigenvalue weighted by Gasteiger charge is 2.13. The molecule has 1 aromatic heterocycles. The molecule has 0 fully saturated rings. The third-order valence-electron chi connectivity index (χ3n) is 2.80. The predicted molar refractivity (Wildman–Crippen MR) is 77.2 cm³/mol. The molecule has 2 rings (SSSR count). The van der Waals surface area contributed by atoms with Gasteiger partial charge >= 0.3 is 0 Å². The summed E-state index contributed by atoms with van der Waals surface area (Å²) in [7, 11) is 0. The molecular weight excluding hydrogens is 277 g/mol. The zero-order valence-corrected chi connectivity index (χ0v) is 12.3. The second-order valence-electron chi connectivity index (χ2n) is 4.30. The summed E-state index contributed by atoms with van der Waals surface area (Å²) in [6.07, 6.45) is 3.00. The Balaban J connectivity index is 2.42. The highest BCUT2D eigenvalue weighted by molar-refractivity contribution is 7.98. The van der Waals surface area contributed by atoms with Crippen molar-refractivity contribution in [2.24, 2.45) is 0 Å². The number of hydrogen-bond acceptors (Lipinski definition) is 4. The van der Waals surface area contributed by atoms with E-state index in [1.807, 2.05) is 31.4 Å². The second kappa shape index (κ2) is 6.05. The number of carbonyl (C=O) groups excluding carboxylic acids is 1. The number of rotatable bonds is 4. The number of carbonyl (C=O) groups is 1. The lowest BCUT2D eigenvalue weighted by atomic mass is 10.2. The van der Waals surface area contributed by atoms with Crippen molar-refractivity contribution in [2.45, 2.75) is 18.7 Å². The fraction of sp³-hybridized carbons (Fsp3) is 0.200. The van der Waals surface area contributed by atoms with Crippen LogP contribution in [0.5, 0.6) is 11.6 Å². The van der Waals surface area contributed by atoms with Crippen molar-refractivity contribution in [3.63, 3.8) is 0 Å². The number of aromatic nitrogens is 1. The number of ketones is 1. The smallest absolute Gasteiger partial charge is 0.230 e. The maximum atomic E-state index is 13.2. The molecule has 0 saturated carbocycles. The summed E-state index contributed by atoms with van der Waals surface area (Å²) in [6, 6.07) is 6.92. The lowest BCUT2D eigenvalue weighted by Crippen LogP contribution is -2.01. The maximum absolute atomic E-state index is 13.2. The molecule has 0 saturated heterocycles. The van der Waals surface area contributed by atoms with E-state index >= 15 is 0 Å². The first-order chi connectivity index (χ1) is 9.51. The third kappa shape index (κ3) is 3.17. The van der Waals surface area contributed by atoms with Crippen LogP contribution < -0.4 is 4.74 Å². The third-order valence-corrected chi connectivity index (χ3v) is 3.52. The van der Waals surface area contributed by atoms with Gasteiger partial charge in [0.1, 0.15) is 11.6 Å². The summed E-state index contributed by atoms with van der Waals surface area (Å²) in [6.45, 7) is 3.25. The molecule has 0 atom stereocenters. The van der Waals surface area contributed by atoms with E-state index < -0.39 is 5.82 Å². The Bertz CT molecular complexity index is 658. The first-order valence-corrected chi connectivity index (χ1v) is 7.22. The van der Waals surface area contributed by atoms with Crippen molar-refractivity contribution in [1.82, 2.24) is 4.98 Å². The highest BCUT2D eigenvalue weighted by atomic mass is 32.2. The summed E-state index contributed by atoms with van der Waals surface area (Å²) in [5.41, 5.74) is 1.06. The van der Waals surface area contributed by atoms with Crippen LogP contribution in [0.1, 0.15) is 22.8 Å². The van der Waals surface area contributed by atoms with E-state index in [0.29, 0.717) is 5.75 Å². The monoisotopic (exact) mass is 291 g/mol. The van der Waals surface area contributed by atoms with Crippen molar-refractivity contribution < 1.29 is 13.9 Å². The number of Topliss-reactive ketones (excluding diaryl/α,β-unsaturated/α-hetero) is 1. The molecule has 0 radical (unpaired) electrons. The first-order valence-electron chi connectivity index (χ1n) is 6.00. The molecule has 0 bridgehead atoms. The van der Waals surface area contributed by atoms with E-state index in [1.54, 1.807) is 11.8 Å². The van der Waals surface area contributed by atoms with E-state index in [1.165, 1.54) is 6.92 Å². The Morgan fingerprint density at radius 3 is 2.75 bits per heavy atom. The average Bonchev–Trinajstić information content (AvgIpc) is 2.42. The minimum atomic E-state index is -0.558. The van der Waals surface area contributed by atoms with Crippen molar-refractivity contribution >= 4 is 17.5 Å². The number of aryl methyl sites for hydroxylation is 1. The molecule has 0 spiro atoms. The standard InChI is InChI=1S/C15H14FNO2S/c1-9-4-5-12(20-3)7-14(9)19-15-13(10(2)18)6-11(16)8-17-15/h4-8H,1-3H3. The van der Waals surface area contributed by atoms with E-state index in [0.717, 1.165) is 22.7 Å². The fourth-order valence-corrected chi connectivity index (χ4v) is 2.11. The average molecular weight is 291 g/mol. The van der Waals surface area contributed by atoms with Crippen LogP contribution in [0.3, 0.4) is 0 Å². The van der Waals surface area contributed by atoms with Gasteiger partial charge < -0.3 is 4.74 Å². The van der Waals surface area contributed by atoms with Gasteiger partial charge in [-0.25, -0.2) is 9.37 Å². The van der Waals surface area contributed by atoms with Gasteiger partial charge in [0.05, 0.1) is 11.8 Å². The Morgan fingerprint density at radius 2 is 2.10 bits per heavy atom. The summed E-state index contributed by atoms with van der Waals surface area (Å²) in [5, 5.41) is 0. The number of hydrogen-bond donors (Lipinski definition) is 0. The summed E-state index contributed by atoms with van der Waals surface area (Å²) < 4.78 is 18.9. The Morgan fingerprint density at radius 1 is 1.35 bits per heavy atom. The zero-order chi connectivity index (χ0) is 14.7. The van der Waals surface area contributed by atoms with E-state index in [-0.39, 0.29) is 17.2 Å². The Labute approximate surface area is 121 Å². The van der Waals surface area contributed by atoms with Gasteiger partial charge in [0.2, 0.25) is 5.88 Å². The van der Waals surface area contributed by atoms with Crippen LogP contribution >= 0.6 is 11.8 Å². The van der Waals surface area contributed by atoms with Crippen LogP contribution in [0.4, 0.5) is 4.39 Å². The van der Waals surface area contributed by atoms with Gasteiger partial charge in [0.25, 0.3) is 0 Å². The van der Waals surface area contributed by atoms with E-state index in [4.69, 9.17) is 4.74 Å². The van der Waals surface area contributed by atoms with Crippen LogP contribution in [-0.2, 0) is 0 Å². The number of thioether (sulfide) groups is 1. The first kappa shape index (κ1) is 14.5. The minimum Gasteiger partial charge on any atom is -0.438 e. The number of halogens is 1. The molecular formula is C15H14FNO2S. The normalized spacial score (nSPS) is 10.4. The van der Waals surface area contributed by atoms with Crippen LogP contribution in [0.15, 0.2) is 35.4 Å². The second-order valence-corrected chi connectivity index (χ2v) is 5.18. The van der Waals surface area contributed by atoms with Crippen molar-refractivity contribution in [1.29, 1.82) is 0 Å². The van der Waals surface area contributed by atoms with E-state index in [9.17, 15) is 9.18 Å². The van der Waals surface area contributed by atoms with Gasteiger partial charge in [-0.2, -0.15) is 0 Å². The van der Waals surface area contributed by atoms with Gasteiger partial charge in [-0.3, -0.25) is 4.79 Å². The molecule has 0 aliphatic heterocycles. The maximum Gasteiger partial charge on any atom is 0.230 e. The highest BCUT2D eigenvalue weighted by Crippen LogP contribution is 2.30. The van der Waals surface area contributed by atoms with Gasteiger partial charge in [-0.1, -0.05) is 6.07 Å². The zero-order valence-electron chi connectivity index (χ0n) is 11.4. The molecule has 104 valence electrons.